The zero-order valence-corrected chi connectivity index (χ0v) is 17.5. The SMILES string of the molecule is CCOc1ccc2c(c1)C1(CC3C4C=CCC(C4)C3C1)c1cc(OCC)ccc1-2. The van der Waals surface area contributed by atoms with E-state index in [0.29, 0.717) is 13.2 Å². The van der Waals surface area contributed by atoms with Crippen LogP contribution in [0.1, 0.15) is 50.7 Å². The van der Waals surface area contributed by atoms with Gasteiger partial charge < -0.3 is 9.47 Å². The van der Waals surface area contributed by atoms with Crippen molar-refractivity contribution >= 4 is 0 Å². The fraction of sp³-hybridized carbons (Fsp3) is 0.481. The van der Waals surface area contributed by atoms with Gasteiger partial charge in [0.15, 0.2) is 0 Å². The molecule has 2 heteroatoms. The minimum Gasteiger partial charge on any atom is -0.494 e. The summed E-state index contributed by atoms with van der Waals surface area (Å²) in [6, 6.07) is 13.6. The number of benzene rings is 2. The molecule has 0 saturated heterocycles. The van der Waals surface area contributed by atoms with E-state index in [2.05, 4.69) is 62.4 Å². The molecule has 29 heavy (non-hydrogen) atoms. The monoisotopic (exact) mass is 386 g/mol. The number of hydrogen-bond donors (Lipinski definition) is 0. The molecule has 150 valence electrons. The lowest BCUT2D eigenvalue weighted by atomic mass is 9.72. The van der Waals surface area contributed by atoms with Crippen LogP contribution in [-0.2, 0) is 5.41 Å². The summed E-state index contributed by atoms with van der Waals surface area (Å²) in [4.78, 5) is 0. The van der Waals surface area contributed by atoms with E-state index in [1.54, 1.807) is 0 Å². The Morgan fingerprint density at radius 3 is 2.10 bits per heavy atom. The predicted molar refractivity (Wildman–Crippen MR) is 117 cm³/mol. The van der Waals surface area contributed by atoms with Crippen molar-refractivity contribution in [2.24, 2.45) is 23.7 Å². The fourth-order valence-electron chi connectivity index (χ4n) is 7.20. The fourth-order valence-corrected chi connectivity index (χ4v) is 7.20. The first kappa shape index (κ1) is 17.6. The molecule has 2 aromatic carbocycles. The van der Waals surface area contributed by atoms with Gasteiger partial charge in [0.25, 0.3) is 0 Å². The molecule has 4 unspecified atom stereocenters. The Kier molecular flexibility index (Phi) is 3.88. The van der Waals surface area contributed by atoms with Gasteiger partial charge in [0.05, 0.1) is 13.2 Å². The molecule has 1 spiro atoms. The summed E-state index contributed by atoms with van der Waals surface area (Å²) < 4.78 is 11.9. The summed E-state index contributed by atoms with van der Waals surface area (Å²) in [7, 11) is 0. The van der Waals surface area contributed by atoms with Crippen LogP contribution in [-0.4, -0.2) is 13.2 Å². The second-order valence-electron chi connectivity index (χ2n) is 9.42. The Labute approximate surface area is 173 Å². The van der Waals surface area contributed by atoms with Gasteiger partial charge in [0, 0.05) is 5.41 Å². The molecule has 0 amide bonds. The highest BCUT2D eigenvalue weighted by Crippen LogP contribution is 2.67. The summed E-state index contributed by atoms with van der Waals surface area (Å²) in [6.45, 7) is 5.57. The largest absolute Gasteiger partial charge is 0.494 e. The van der Waals surface area contributed by atoms with Gasteiger partial charge >= 0.3 is 0 Å². The van der Waals surface area contributed by atoms with E-state index in [1.165, 1.54) is 47.9 Å². The van der Waals surface area contributed by atoms with Crippen LogP contribution in [0.25, 0.3) is 11.1 Å². The van der Waals surface area contributed by atoms with Crippen molar-refractivity contribution in [3.63, 3.8) is 0 Å². The molecule has 0 aliphatic heterocycles. The minimum absolute atomic E-state index is 0.127. The summed E-state index contributed by atoms with van der Waals surface area (Å²) in [6.07, 6.45) is 10.2. The smallest absolute Gasteiger partial charge is 0.119 e. The van der Waals surface area contributed by atoms with E-state index in [4.69, 9.17) is 9.47 Å². The average molecular weight is 387 g/mol. The first-order valence-corrected chi connectivity index (χ1v) is 11.4. The molecule has 0 radical (unpaired) electrons. The molecule has 2 fully saturated rings. The van der Waals surface area contributed by atoms with E-state index >= 15 is 0 Å². The van der Waals surface area contributed by atoms with Crippen LogP contribution >= 0.6 is 0 Å². The van der Waals surface area contributed by atoms with E-state index in [0.717, 1.165) is 35.2 Å². The third-order valence-electron chi connectivity index (χ3n) is 8.20. The standard InChI is InChI=1S/C27H30O2/c1-3-28-19-8-10-21-22-11-9-20(29-4-2)14-26(22)27(25(21)13-19)15-23-17-6-5-7-18(12-17)24(23)16-27/h5-6,8-11,13-14,17-18,23-24H,3-4,7,12,15-16H2,1-2H3. The molecular formula is C27H30O2. The van der Waals surface area contributed by atoms with Gasteiger partial charge in [0.1, 0.15) is 11.5 Å². The van der Waals surface area contributed by atoms with Crippen molar-refractivity contribution in [3.8, 4) is 22.6 Å². The molecule has 2 saturated carbocycles. The molecule has 0 heterocycles. The quantitative estimate of drug-likeness (QED) is 0.568. The number of ether oxygens (including phenoxy) is 2. The molecule has 2 bridgehead atoms. The van der Waals surface area contributed by atoms with E-state index in [9.17, 15) is 0 Å². The minimum atomic E-state index is 0.127. The van der Waals surface area contributed by atoms with Gasteiger partial charge in [-0.1, -0.05) is 24.3 Å². The Bertz CT molecular complexity index is 933. The molecule has 2 nitrogen and oxygen atoms in total. The summed E-state index contributed by atoms with van der Waals surface area (Å²) >= 11 is 0. The van der Waals surface area contributed by atoms with Crippen LogP contribution < -0.4 is 9.47 Å². The van der Waals surface area contributed by atoms with Gasteiger partial charge in [0.2, 0.25) is 0 Å². The second kappa shape index (κ2) is 6.39. The van der Waals surface area contributed by atoms with Gasteiger partial charge in [-0.2, -0.15) is 0 Å². The normalized spacial score (nSPS) is 29.6. The summed E-state index contributed by atoms with van der Waals surface area (Å²) in [5.74, 6) is 5.37. The molecule has 0 N–H and O–H groups in total. The maximum absolute atomic E-state index is 5.93. The molecule has 4 aliphatic rings. The Morgan fingerprint density at radius 1 is 0.862 bits per heavy atom. The molecule has 0 aromatic heterocycles. The third-order valence-corrected chi connectivity index (χ3v) is 8.20. The lowest BCUT2D eigenvalue weighted by Crippen LogP contribution is -2.24. The van der Waals surface area contributed by atoms with E-state index in [-0.39, 0.29) is 5.41 Å². The maximum Gasteiger partial charge on any atom is 0.119 e. The maximum atomic E-state index is 5.93. The van der Waals surface area contributed by atoms with Crippen molar-refractivity contribution in [1.82, 2.24) is 0 Å². The second-order valence-corrected chi connectivity index (χ2v) is 9.42. The zero-order chi connectivity index (χ0) is 19.6. The van der Waals surface area contributed by atoms with Crippen LogP contribution in [0.5, 0.6) is 11.5 Å². The van der Waals surface area contributed by atoms with Crippen LogP contribution in [0.3, 0.4) is 0 Å². The number of fused-ring (bicyclic) bond motifs is 10. The average Bonchev–Trinajstić information content (AvgIpc) is 3.33. The number of rotatable bonds is 4. The van der Waals surface area contributed by atoms with Crippen LogP contribution in [0.4, 0.5) is 0 Å². The molecule has 2 aromatic rings. The Hall–Kier alpha value is -2.22. The van der Waals surface area contributed by atoms with Crippen molar-refractivity contribution in [2.45, 2.75) is 44.9 Å². The van der Waals surface area contributed by atoms with Gasteiger partial charge in [-0.15, -0.1) is 0 Å². The molecular weight excluding hydrogens is 356 g/mol. The highest BCUT2D eigenvalue weighted by Gasteiger charge is 2.58. The first-order valence-electron chi connectivity index (χ1n) is 11.4. The Morgan fingerprint density at radius 2 is 1.48 bits per heavy atom. The predicted octanol–water partition coefficient (Wildman–Crippen LogP) is 6.37. The van der Waals surface area contributed by atoms with E-state index < -0.39 is 0 Å². The van der Waals surface area contributed by atoms with Crippen LogP contribution in [0.15, 0.2) is 48.6 Å². The molecule has 4 aliphatic carbocycles. The van der Waals surface area contributed by atoms with Crippen molar-refractivity contribution in [2.75, 3.05) is 13.2 Å². The van der Waals surface area contributed by atoms with E-state index in [1.807, 2.05) is 0 Å². The van der Waals surface area contributed by atoms with Crippen LogP contribution in [0, 0.1) is 23.7 Å². The van der Waals surface area contributed by atoms with Crippen LogP contribution in [0.2, 0.25) is 0 Å². The highest BCUT2D eigenvalue weighted by molar-refractivity contribution is 5.82. The van der Waals surface area contributed by atoms with Crippen molar-refractivity contribution in [3.05, 3.63) is 59.7 Å². The first-order chi connectivity index (χ1) is 14.2. The van der Waals surface area contributed by atoms with Gasteiger partial charge in [-0.05, 0) is 110 Å². The lowest BCUT2D eigenvalue weighted by molar-refractivity contribution is 0.335. The van der Waals surface area contributed by atoms with Crippen molar-refractivity contribution in [1.29, 1.82) is 0 Å². The Balaban J connectivity index is 1.51. The topological polar surface area (TPSA) is 18.5 Å². The summed E-state index contributed by atoms with van der Waals surface area (Å²) in [5, 5.41) is 0. The lowest BCUT2D eigenvalue weighted by Gasteiger charge is -2.31. The third kappa shape index (κ3) is 2.41. The molecule has 6 rings (SSSR count). The zero-order valence-electron chi connectivity index (χ0n) is 17.5. The highest BCUT2D eigenvalue weighted by atomic mass is 16.5. The van der Waals surface area contributed by atoms with Gasteiger partial charge in [-0.3, -0.25) is 0 Å². The number of hydrogen-bond acceptors (Lipinski definition) is 2. The van der Waals surface area contributed by atoms with Crippen molar-refractivity contribution < 1.29 is 9.47 Å². The summed E-state index contributed by atoms with van der Waals surface area (Å²) in [5.41, 5.74) is 5.95. The van der Waals surface area contributed by atoms with Gasteiger partial charge in [-0.25, -0.2) is 0 Å². The molecule has 4 atom stereocenters. The number of allylic oxidation sites excluding steroid dienone is 2.